The number of pyridine rings is 2. The Balaban J connectivity index is 1.23. The molecule has 0 saturated heterocycles. The minimum Gasteiger partial charge on any atom is -0.275 e. The molecule has 0 amide bonds. The Morgan fingerprint density at radius 3 is 1.38 bits per heavy atom. The van der Waals surface area contributed by atoms with Gasteiger partial charge in [0.1, 0.15) is 16.1 Å². The van der Waals surface area contributed by atoms with Gasteiger partial charge in [0.05, 0.1) is 11.0 Å². The summed E-state index contributed by atoms with van der Waals surface area (Å²) in [6.45, 7) is 14.6. The highest BCUT2D eigenvalue weighted by Crippen LogP contribution is 2.30. The van der Waals surface area contributed by atoms with Gasteiger partial charge in [0.25, 0.3) is 5.95 Å². The van der Waals surface area contributed by atoms with Gasteiger partial charge < -0.3 is 0 Å². The van der Waals surface area contributed by atoms with E-state index < -0.39 is 16.1 Å². The van der Waals surface area contributed by atoms with Gasteiger partial charge in [-0.2, -0.15) is 0 Å². The second-order valence-electron chi connectivity index (χ2n) is 15.1. The quantitative estimate of drug-likeness (QED) is 0.213. The van der Waals surface area contributed by atoms with Crippen LogP contribution in [0.2, 0.25) is 39.8 Å². The Bertz CT molecular complexity index is 2410. The van der Waals surface area contributed by atoms with Gasteiger partial charge >= 0.3 is 0 Å². The summed E-state index contributed by atoms with van der Waals surface area (Å²) in [6, 6.07) is 44.4. The van der Waals surface area contributed by atoms with E-state index >= 15 is 0 Å². The molecule has 0 radical (unpaired) electrons. The lowest BCUT2D eigenvalue weighted by Crippen LogP contribution is -2.54. The predicted octanol–water partition coefficient (Wildman–Crippen LogP) is 3.28. The highest BCUT2D eigenvalue weighted by molar-refractivity contribution is 7.01. The van der Waals surface area contributed by atoms with Crippen molar-refractivity contribution in [2.24, 2.45) is 0 Å². The van der Waals surface area contributed by atoms with E-state index in [1.807, 2.05) is 24.5 Å². The zero-order valence-corrected chi connectivity index (χ0v) is 33.1. The summed E-state index contributed by atoms with van der Waals surface area (Å²) in [4.78, 5) is 9.29. The van der Waals surface area contributed by atoms with Crippen molar-refractivity contribution >= 4 is 94.2 Å². The average molecular weight is 722 g/mol. The van der Waals surface area contributed by atoms with Crippen LogP contribution >= 0.6 is 0 Å². The van der Waals surface area contributed by atoms with Crippen LogP contribution in [0.25, 0.3) is 27.8 Å². The third-order valence-corrected chi connectivity index (χ3v) is 18.3. The second-order valence-corrected chi connectivity index (χ2v) is 23.9. The number of rotatable bonds is 9. The van der Waals surface area contributed by atoms with Gasteiger partial charge in [0.2, 0.25) is 13.4 Å². The standard InChI is InChI=1S/C42H41B2N7Si2/c1-43(40-17-7-9-23-45-40)30-13-11-15-32(25-30)52(3,4)34-19-21-36-37-22-20-35(28-39(37)51(38(36)27-34)42-49-47-29-48-50-42)53(5,6)33-16-12-14-31(26-33)44(2)41-18-8-10-24-46-41/h7-29H,1-6H3. The fraction of sp³-hybridized carbons (Fsp3) is 0.143. The number of benzene rings is 4. The van der Waals surface area contributed by atoms with Crippen LogP contribution < -0.4 is 42.9 Å². The van der Waals surface area contributed by atoms with E-state index in [-0.39, 0.29) is 13.4 Å². The molecule has 7 nitrogen and oxygen atoms in total. The second kappa shape index (κ2) is 13.8. The SMILES string of the molecule is CB(c1cccc([Si](C)(C)c2ccc3c4ccc([Si](C)(C)c5cccc(B(C)c6ccccn6)c5)cc4n(-c4nncnn4)c3c2)c1)c1ccccn1. The normalized spacial score (nSPS) is 12.0. The maximum atomic E-state index is 4.65. The first-order valence-electron chi connectivity index (χ1n) is 18.3. The molecule has 8 aromatic rings. The van der Waals surface area contributed by atoms with Crippen LogP contribution in [0.15, 0.2) is 140 Å². The molecule has 0 N–H and O–H groups in total. The van der Waals surface area contributed by atoms with E-state index in [2.05, 4.69) is 184 Å². The third kappa shape index (κ3) is 6.34. The number of fused-ring (bicyclic) bond motifs is 3. The molecule has 0 fully saturated rings. The number of aromatic nitrogens is 7. The summed E-state index contributed by atoms with van der Waals surface area (Å²) in [6.07, 6.45) is 5.14. The van der Waals surface area contributed by atoms with Crippen LogP contribution in [-0.4, -0.2) is 64.5 Å². The first-order chi connectivity index (χ1) is 25.6. The van der Waals surface area contributed by atoms with Gasteiger partial charge in [-0.3, -0.25) is 14.5 Å². The summed E-state index contributed by atoms with van der Waals surface area (Å²) in [5.41, 5.74) is 6.85. The van der Waals surface area contributed by atoms with Crippen molar-refractivity contribution in [1.29, 1.82) is 0 Å². The Morgan fingerprint density at radius 2 is 0.943 bits per heavy atom. The van der Waals surface area contributed by atoms with Crippen molar-refractivity contribution in [3.63, 3.8) is 0 Å². The molecule has 4 heterocycles. The fourth-order valence-electron chi connectivity index (χ4n) is 7.63. The maximum absolute atomic E-state index is 4.65. The van der Waals surface area contributed by atoms with Crippen molar-refractivity contribution in [3.05, 3.63) is 140 Å². The molecule has 258 valence electrons. The van der Waals surface area contributed by atoms with Crippen molar-refractivity contribution < 1.29 is 0 Å². The largest absolute Gasteiger partial charge is 0.275 e. The molecule has 53 heavy (non-hydrogen) atoms. The Hall–Kier alpha value is -5.52. The molecule has 0 aliphatic rings. The monoisotopic (exact) mass is 721 g/mol. The van der Waals surface area contributed by atoms with E-state index in [0.717, 1.165) is 33.0 Å². The minimum atomic E-state index is -2.15. The van der Waals surface area contributed by atoms with E-state index in [1.165, 1.54) is 38.0 Å². The van der Waals surface area contributed by atoms with Crippen LogP contribution in [0, 0.1) is 0 Å². The molecule has 0 bridgehead atoms. The lowest BCUT2D eigenvalue weighted by molar-refractivity contribution is 0.801. The molecule has 4 aromatic heterocycles. The lowest BCUT2D eigenvalue weighted by atomic mass is 9.44. The molecule has 0 aliphatic heterocycles. The molecule has 0 unspecified atom stereocenters. The first kappa shape index (κ1) is 34.6. The van der Waals surface area contributed by atoms with Crippen LogP contribution in [0.5, 0.6) is 0 Å². The summed E-state index contributed by atoms with van der Waals surface area (Å²) in [5.74, 6) is 0.470. The summed E-state index contributed by atoms with van der Waals surface area (Å²) in [5, 5.41) is 25.1. The zero-order valence-electron chi connectivity index (χ0n) is 31.1. The van der Waals surface area contributed by atoms with Gasteiger partial charge in [0.15, 0.2) is 6.33 Å². The molecule has 0 saturated carbocycles. The molecule has 0 spiro atoms. The number of nitrogens with zero attached hydrogens (tertiary/aromatic N) is 7. The van der Waals surface area contributed by atoms with Crippen molar-refractivity contribution in [2.75, 3.05) is 0 Å². The van der Waals surface area contributed by atoms with E-state index in [1.54, 1.807) is 0 Å². The van der Waals surface area contributed by atoms with E-state index in [4.69, 9.17) is 0 Å². The highest BCUT2D eigenvalue weighted by Gasteiger charge is 2.31. The van der Waals surface area contributed by atoms with Crippen LogP contribution in [0.4, 0.5) is 0 Å². The minimum absolute atomic E-state index is 0.204. The predicted molar refractivity (Wildman–Crippen MR) is 229 cm³/mol. The Kier molecular flexibility index (Phi) is 9.00. The van der Waals surface area contributed by atoms with Gasteiger partial charge in [0, 0.05) is 34.4 Å². The first-order valence-corrected chi connectivity index (χ1v) is 24.3. The molecule has 11 heteroatoms. The Labute approximate surface area is 313 Å². The highest BCUT2D eigenvalue weighted by atomic mass is 28.3. The van der Waals surface area contributed by atoms with Crippen molar-refractivity contribution in [3.8, 4) is 5.95 Å². The van der Waals surface area contributed by atoms with Gasteiger partial charge in [-0.25, -0.2) is 0 Å². The molecule has 0 atom stereocenters. The van der Waals surface area contributed by atoms with Crippen LogP contribution in [0.1, 0.15) is 0 Å². The smallest absolute Gasteiger partial charge is 0.273 e. The molecular weight excluding hydrogens is 680 g/mol. The Morgan fingerprint density at radius 1 is 0.491 bits per heavy atom. The lowest BCUT2D eigenvalue weighted by Gasteiger charge is -2.25. The average Bonchev–Trinajstić information content (AvgIpc) is 3.54. The molecule has 0 aliphatic carbocycles. The van der Waals surface area contributed by atoms with E-state index in [0.29, 0.717) is 5.95 Å². The third-order valence-electron chi connectivity index (χ3n) is 11.3. The molecule has 4 aromatic carbocycles. The summed E-state index contributed by atoms with van der Waals surface area (Å²) < 4.78 is 2.16. The van der Waals surface area contributed by atoms with Gasteiger partial charge in [-0.1, -0.05) is 156 Å². The molecular formula is C42H41B2N7Si2. The fourth-order valence-corrected chi connectivity index (χ4v) is 12.4. The van der Waals surface area contributed by atoms with Gasteiger partial charge in [-0.15, -0.1) is 20.4 Å². The number of hydrogen-bond donors (Lipinski definition) is 0. The van der Waals surface area contributed by atoms with Crippen LogP contribution in [-0.2, 0) is 0 Å². The summed E-state index contributed by atoms with van der Waals surface area (Å²) in [7, 11) is -4.30. The van der Waals surface area contributed by atoms with Crippen molar-refractivity contribution in [1.82, 2.24) is 34.9 Å². The van der Waals surface area contributed by atoms with E-state index in [9.17, 15) is 0 Å². The number of hydrogen-bond acceptors (Lipinski definition) is 6. The summed E-state index contributed by atoms with van der Waals surface area (Å²) >= 11 is 0. The molecule has 8 rings (SSSR count). The van der Waals surface area contributed by atoms with Crippen molar-refractivity contribution in [2.45, 2.75) is 39.8 Å². The zero-order chi connectivity index (χ0) is 36.7. The maximum Gasteiger partial charge on any atom is 0.273 e. The van der Waals surface area contributed by atoms with Crippen LogP contribution in [0.3, 0.4) is 0 Å². The topological polar surface area (TPSA) is 82.3 Å². The van der Waals surface area contributed by atoms with Gasteiger partial charge in [-0.05, 0) is 36.4 Å².